The van der Waals surface area contributed by atoms with Crippen LogP contribution in [-0.4, -0.2) is 20.8 Å². The fourth-order valence-corrected chi connectivity index (χ4v) is 5.00. The first-order valence-electron chi connectivity index (χ1n) is 11.6. The molecule has 7 heteroatoms. The highest BCUT2D eigenvalue weighted by atomic mass is 35.5. The Morgan fingerprint density at radius 2 is 1.77 bits per heavy atom. The molecule has 0 spiro atoms. The minimum atomic E-state index is -0.127. The molecule has 5 nitrogen and oxygen atoms in total. The number of nitrogens with zero attached hydrogens (tertiary/aromatic N) is 3. The molecule has 0 saturated carbocycles. The molecule has 0 bridgehead atoms. The number of halogens is 1. The molecule has 0 amide bonds. The van der Waals surface area contributed by atoms with Crippen LogP contribution in [0, 0.1) is 6.92 Å². The van der Waals surface area contributed by atoms with Crippen molar-refractivity contribution in [3.05, 3.63) is 107 Å². The van der Waals surface area contributed by atoms with Crippen LogP contribution in [0.3, 0.4) is 0 Å². The Morgan fingerprint density at radius 3 is 2.46 bits per heavy atom. The summed E-state index contributed by atoms with van der Waals surface area (Å²) in [5, 5.41) is 4.94. The van der Waals surface area contributed by atoms with Gasteiger partial charge in [0.2, 0.25) is 0 Å². The number of hydrogen-bond acceptors (Lipinski definition) is 3. The van der Waals surface area contributed by atoms with Crippen LogP contribution < -0.4 is 15.0 Å². The Bertz CT molecular complexity index is 1340. The lowest BCUT2D eigenvalue weighted by Crippen LogP contribution is -2.30. The normalized spacial score (nSPS) is 17.6. The molecule has 5 rings (SSSR count). The summed E-state index contributed by atoms with van der Waals surface area (Å²) >= 11 is 12.2. The Morgan fingerprint density at radius 1 is 1.00 bits per heavy atom. The molecule has 0 aliphatic carbocycles. The molecule has 1 fully saturated rings. The zero-order valence-corrected chi connectivity index (χ0v) is 21.4. The van der Waals surface area contributed by atoms with Crippen molar-refractivity contribution in [1.82, 2.24) is 14.9 Å². The van der Waals surface area contributed by atoms with Crippen LogP contribution in [0.2, 0.25) is 5.02 Å². The molecule has 2 atom stereocenters. The van der Waals surface area contributed by atoms with Gasteiger partial charge >= 0.3 is 0 Å². The van der Waals surface area contributed by atoms with Crippen molar-refractivity contribution in [2.75, 3.05) is 4.90 Å². The number of nitrogens with one attached hydrogen (secondary N) is 1. The third-order valence-electron chi connectivity index (χ3n) is 6.09. The number of ether oxygens (including phenoxy) is 1. The monoisotopic (exact) mass is 502 g/mol. The van der Waals surface area contributed by atoms with E-state index in [0.717, 1.165) is 39.1 Å². The number of aryl methyl sites for hydroxylation is 1. The molecule has 1 aliphatic rings. The van der Waals surface area contributed by atoms with E-state index in [1.54, 1.807) is 0 Å². The quantitative estimate of drug-likeness (QED) is 0.294. The third kappa shape index (κ3) is 4.64. The Kier molecular flexibility index (Phi) is 6.50. The van der Waals surface area contributed by atoms with E-state index in [-0.39, 0.29) is 18.2 Å². The standard InChI is InChI=1S/C28H27ClN4OS/c1-18(2)34-22-12-9-20(10-13-22)33-27(26(31-28(33)35)24-7-4-5-15-30-24)25-8-6-16-32(25)21-11-14-23(29)19(3)17-21/h4-18,26-27H,1-3H3,(H,31,35)/t26-,27-/m0/s1. The fourth-order valence-electron chi connectivity index (χ4n) is 4.54. The van der Waals surface area contributed by atoms with Gasteiger partial charge in [-0.2, -0.15) is 0 Å². The lowest BCUT2D eigenvalue weighted by Gasteiger charge is -2.29. The minimum Gasteiger partial charge on any atom is -0.491 e. The largest absolute Gasteiger partial charge is 0.491 e. The summed E-state index contributed by atoms with van der Waals surface area (Å²) in [6.07, 6.45) is 4.01. The molecule has 2 aromatic carbocycles. The highest BCUT2D eigenvalue weighted by molar-refractivity contribution is 7.80. The predicted molar refractivity (Wildman–Crippen MR) is 146 cm³/mol. The highest BCUT2D eigenvalue weighted by Crippen LogP contribution is 2.42. The Hall–Kier alpha value is -3.35. The van der Waals surface area contributed by atoms with Gasteiger partial charge in [-0.1, -0.05) is 17.7 Å². The van der Waals surface area contributed by atoms with Crippen LogP contribution in [0.25, 0.3) is 5.69 Å². The van der Waals surface area contributed by atoms with Gasteiger partial charge in [-0.3, -0.25) is 4.98 Å². The summed E-state index contributed by atoms with van der Waals surface area (Å²) in [7, 11) is 0. The zero-order chi connectivity index (χ0) is 24.5. The van der Waals surface area contributed by atoms with E-state index in [1.165, 1.54) is 0 Å². The second-order valence-corrected chi connectivity index (χ2v) is 9.69. The molecule has 1 N–H and O–H groups in total. The van der Waals surface area contributed by atoms with Crippen LogP contribution in [0.15, 0.2) is 85.2 Å². The fraction of sp³-hybridized carbons (Fsp3) is 0.214. The van der Waals surface area contributed by atoms with Gasteiger partial charge in [0.1, 0.15) is 11.8 Å². The van der Waals surface area contributed by atoms with Gasteiger partial charge in [-0.05, 0) is 105 Å². The van der Waals surface area contributed by atoms with Crippen molar-refractivity contribution in [1.29, 1.82) is 0 Å². The summed E-state index contributed by atoms with van der Waals surface area (Å²) in [6.45, 7) is 6.06. The highest BCUT2D eigenvalue weighted by Gasteiger charge is 2.42. The molecule has 4 aromatic rings. The van der Waals surface area contributed by atoms with E-state index < -0.39 is 0 Å². The van der Waals surface area contributed by atoms with E-state index in [9.17, 15) is 0 Å². The first-order chi connectivity index (χ1) is 16.9. The molecule has 1 saturated heterocycles. The Balaban J connectivity index is 1.61. The molecule has 2 aromatic heterocycles. The smallest absolute Gasteiger partial charge is 0.174 e. The van der Waals surface area contributed by atoms with Crippen LogP contribution in [0.5, 0.6) is 5.75 Å². The van der Waals surface area contributed by atoms with E-state index in [1.807, 2.05) is 69.4 Å². The lowest BCUT2D eigenvalue weighted by atomic mass is 10.0. The van der Waals surface area contributed by atoms with E-state index in [0.29, 0.717) is 5.11 Å². The number of thiocarbonyl (C=S) groups is 1. The van der Waals surface area contributed by atoms with E-state index >= 15 is 0 Å². The second-order valence-electron chi connectivity index (χ2n) is 8.89. The summed E-state index contributed by atoms with van der Waals surface area (Å²) in [4.78, 5) is 6.83. The van der Waals surface area contributed by atoms with Gasteiger partial charge in [0.15, 0.2) is 5.11 Å². The summed E-state index contributed by atoms with van der Waals surface area (Å²) in [5.74, 6) is 0.833. The van der Waals surface area contributed by atoms with Gasteiger partial charge in [0.25, 0.3) is 0 Å². The zero-order valence-electron chi connectivity index (χ0n) is 19.9. The first kappa shape index (κ1) is 23.4. The predicted octanol–water partition coefficient (Wildman–Crippen LogP) is 6.80. The van der Waals surface area contributed by atoms with E-state index in [2.05, 4.69) is 56.3 Å². The summed E-state index contributed by atoms with van der Waals surface area (Å²) < 4.78 is 8.05. The number of anilines is 1. The van der Waals surface area contributed by atoms with Gasteiger partial charge in [-0.25, -0.2) is 0 Å². The van der Waals surface area contributed by atoms with Gasteiger partial charge < -0.3 is 19.5 Å². The van der Waals surface area contributed by atoms with Crippen molar-refractivity contribution < 1.29 is 4.74 Å². The number of hydrogen-bond donors (Lipinski definition) is 1. The third-order valence-corrected chi connectivity index (χ3v) is 6.83. The number of pyridine rings is 1. The summed E-state index contributed by atoms with van der Waals surface area (Å²) in [6, 6.07) is 24.1. The molecule has 0 unspecified atom stereocenters. The lowest BCUT2D eigenvalue weighted by molar-refractivity contribution is 0.242. The molecule has 178 valence electrons. The maximum Gasteiger partial charge on any atom is 0.174 e. The van der Waals surface area contributed by atoms with E-state index in [4.69, 9.17) is 28.6 Å². The molecule has 3 heterocycles. The van der Waals surface area contributed by atoms with Crippen LogP contribution >= 0.6 is 23.8 Å². The van der Waals surface area contributed by atoms with Gasteiger partial charge in [0, 0.05) is 34.5 Å². The Labute approximate surface area is 216 Å². The minimum absolute atomic E-state index is 0.114. The molecular weight excluding hydrogens is 476 g/mol. The van der Waals surface area contributed by atoms with Crippen molar-refractivity contribution in [3.63, 3.8) is 0 Å². The number of benzene rings is 2. The van der Waals surface area contributed by atoms with Crippen molar-refractivity contribution in [3.8, 4) is 11.4 Å². The van der Waals surface area contributed by atoms with Crippen molar-refractivity contribution in [2.24, 2.45) is 0 Å². The maximum absolute atomic E-state index is 6.32. The maximum atomic E-state index is 6.32. The SMILES string of the molecule is Cc1cc(-n2cccc2[C@H]2[C@H](c3ccccn3)NC(=S)N2c2ccc(OC(C)C)cc2)ccc1Cl. The van der Waals surface area contributed by atoms with Gasteiger partial charge in [-0.15, -0.1) is 0 Å². The second kappa shape index (κ2) is 9.72. The molecule has 1 aliphatic heterocycles. The molecule has 35 heavy (non-hydrogen) atoms. The summed E-state index contributed by atoms with van der Waals surface area (Å²) in [5.41, 5.74) is 5.09. The van der Waals surface area contributed by atoms with Gasteiger partial charge in [0.05, 0.1) is 17.8 Å². The van der Waals surface area contributed by atoms with Crippen LogP contribution in [0.4, 0.5) is 5.69 Å². The van der Waals surface area contributed by atoms with Crippen molar-refractivity contribution >= 4 is 34.6 Å². The molecular formula is C28H27ClN4OS. The molecule has 0 radical (unpaired) electrons. The van der Waals surface area contributed by atoms with Crippen molar-refractivity contribution in [2.45, 2.75) is 39.0 Å². The number of rotatable bonds is 6. The van der Waals surface area contributed by atoms with Crippen LogP contribution in [-0.2, 0) is 0 Å². The average molecular weight is 503 g/mol. The topological polar surface area (TPSA) is 42.3 Å². The van der Waals surface area contributed by atoms with Crippen LogP contribution in [0.1, 0.15) is 42.9 Å². The average Bonchev–Trinajstić information content (AvgIpc) is 3.46. The number of aromatic nitrogens is 2. The first-order valence-corrected chi connectivity index (χ1v) is 12.4.